The average Bonchev–Trinajstić information content (AvgIpc) is 2.57. The minimum absolute atomic E-state index is 0.735. The molecule has 0 amide bonds. The largest absolute Gasteiger partial charge is 0.299 e. The van der Waals surface area contributed by atoms with Crippen LogP contribution in [0, 0.1) is 0 Å². The summed E-state index contributed by atoms with van der Waals surface area (Å²) in [4.78, 5) is 10.2. The number of nitrogens with zero attached hydrogens (tertiary/aromatic N) is 1. The average molecular weight is 251 g/mol. The number of hydrogen-bond donors (Lipinski definition) is 1. The summed E-state index contributed by atoms with van der Waals surface area (Å²) >= 11 is 3.37. The molecule has 0 spiro atoms. The van der Waals surface area contributed by atoms with Gasteiger partial charge >= 0.3 is 0 Å². The highest BCUT2D eigenvalue weighted by molar-refractivity contribution is 9.10. The van der Waals surface area contributed by atoms with Crippen molar-refractivity contribution in [2.75, 3.05) is 0 Å². The van der Waals surface area contributed by atoms with Crippen molar-refractivity contribution in [3.05, 3.63) is 34.4 Å². The Balaban J connectivity index is 2.58. The number of rotatable bonds is 2. The van der Waals surface area contributed by atoms with Crippen LogP contribution in [0.1, 0.15) is 5.69 Å². The Kier molecular flexibility index (Phi) is 2.45. The maximum absolute atomic E-state index is 10.2. The molecule has 1 heterocycles. The van der Waals surface area contributed by atoms with Crippen molar-refractivity contribution in [1.82, 2.24) is 10.2 Å². The molecule has 1 aromatic heterocycles. The molecule has 0 aliphatic rings. The lowest BCUT2D eigenvalue weighted by molar-refractivity contribution is -0.104. The molecule has 0 bridgehead atoms. The second-order valence-corrected chi connectivity index (χ2v) is 3.71. The summed E-state index contributed by atoms with van der Waals surface area (Å²) in [5.41, 5.74) is 1.73. The van der Waals surface area contributed by atoms with Crippen LogP contribution in [-0.4, -0.2) is 16.5 Å². The third-order valence-electron chi connectivity index (χ3n) is 1.89. The highest BCUT2D eigenvalue weighted by Crippen LogP contribution is 2.21. The minimum Gasteiger partial charge on any atom is -0.299 e. The van der Waals surface area contributed by atoms with Gasteiger partial charge in [-0.05, 0) is 30.4 Å². The van der Waals surface area contributed by atoms with E-state index in [9.17, 15) is 4.79 Å². The van der Waals surface area contributed by atoms with E-state index in [1.165, 1.54) is 6.08 Å². The van der Waals surface area contributed by atoms with Crippen molar-refractivity contribution in [3.63, 3.8) is 0 Å². The molecule has 1 aromatic carbocycles. The van der Waals surface area contributed by atoms with E-state index in [-0.39, 0.29) is 0 Å². The van der Waals surface area contributed by atoms with Crippen LogP contribution >= 0.6 is 15.9 Å². The van der Waals surface area contributed by atoms with E-state index in [2.05, 4.69) is 26.1 Å². The highest BCUT2D eigenvalue weighted by atomic mass is 79.9. The number of allylic oxidation sites excluding steroid dienone is 1. The van der Waals surface area contributed by atoms with E-state index in [1.807, 2.05) is 18.2 Å². The van der Waals surface area contributed by atoms with Gasteiger partial charge in [0.05, 0.1) is 11.2 Å². The highest BCUT2D eigenvalue weighted by Gasteiger charge is 2.01. The molecule has 0 atom stereocenters. The van der Waals surface area contributed by atoms with Gasteiger partial charge in [-0.2, -0.15) is 5.10 Å². The van der Waals surface area contributed by atoms with Gasteiger partial charge in [0.25, 0.3) is 0 Å². The molecule has 0 radical (unpaired) electrons. The molecule has 0 unspecified atom stereocenters. The third kappa shape index (κ3) is 1.61. The number of halogens is 1. The summed E-state index contributed by atoms with van der Waals surface area (Å²) < 4.78 is 1.000. The van der Waals surface area contributed by atoms with Crippen LogP contribution in [0.4, 0.5) is 0 Å². The minimum atomic E-state index is 0.735. The fraction of sp³-hybridized carbons (Fsp3) is 0. The van der Waals surface area contributed by atoms with Crippen molar-refractivity contribution in [2.45, 2.75) is 0 Å². The number of fused-ring (bicyclic) bond motifs is 1. The van der Waals surface area contributed by atoms with Gasteiger partial charge in [0.2, 0.25) is 0 Å². The molecule has 2 rings (SSSR count). The van der Waals surface area contributed by atoms with Crippen LogP contribution in [0.5, 0.6) is 0 Å². The first kappa shape index (κ1) is 9.15. The van der Waals surface area contributed by atoms with Gasteiger partial charge in [0.15, 0.2) is 0 Å². The number of carbonyl (C=O) groups excluding carboxylic acids is 1. The Morgan fingerprint density at radius 2 is 2.29 bits per heavy atom. The number of aldehydes is 1. The topological polar surface area (TPSA) is 45.8 Å². The first-order chi connectivity index (χ1) is 6.81. The number of carbonyl (C=O) groups is 1. The number of nitrogens with one attached hydrogen (secondary N) is 1. The SMILES string of the molecule is O=CC=Cc1n[nH]c2cc(Br)ccc12. The molecular formula is C10H7BrN2O. The summed E-state index contributed by atoms with van der Waals surface area (Å²) in [6.07, 6.45) is 3.84. The molecule has 4 heteroatoms. The summed E-state index contributed by atoms with van der Waals surface area (Å²) in [6, 6.07) is 5.84. The van der Waals surface area contributed by atoms with Crippen LogP contribution < -0.4 is 0 Å². The van der Waals surface area contributed by atoms with E-state index in [1.54, 1.807) is 6.08 Å². The smallest absolute Gasteiger partial charge is 0.142 e. The predicted octanol–water partition coefficient (Wildman–Crippen LogP) is 2.54. The Bertz CT molecular complexity index is 502. The van der Waals surface area contributed by atoms with Crippen LogP contribution in [0.3, 0.4) is 0 Å². The number of aromatic amines is 1. The van der Waals surface area contributed by atoms with Gasteiger partial charge in [0, 0.05) is 9.86 Å². The Labute approximate surface area is 88.9 Å². The normalized spacial score (nSPS) is 11.2. The van der Waals surface area contributed by atoms with Gasteiger partial charge in [0.1, 0.15) is 6.29 Å². The van der Waals surface area contributed by atoms with Crippen LogP contribution in [0.2, 0.25) is 0 Å². The van der Waals surface area contributed by atoms with Crippen molar-refractivity contribution < 1.29 is 4.79 Å². The van der Waals surface area contributed by atoms with Crippen LogP contribution in [0.15, 0.2) is 28.7 Å². The predicted molar refractivity (Wildman–Crippen MR) is 58.9 cm³/mol. The zero-order valence-corrected chi connectivity index (χ0v) is 8.78. The van der Waals surface area contributed by atoms with E-state index < -0.39 is 0 Å². The van der Waals surface area contributed by atoms with Crippen molar-refractivity contribution in [3.8, 4) is 0 Å². The molecule has 0 saturated carbocycles. The van der Waals surface area contributed by atoms with Gasteiger partial charge in [-0.1, -0.05) is 15.9 Å². The maximum atomic E-state index is 10.2. The lowest BCUT2D eigenvalue weighted by atomic mass is 10.2. The number of aromatic nitrogens is 2. The van der Waals surface area contributed by atoms with Crippen LogP contribution in [0.25, 0.3) is 17.0 Å². The molecule has 0 saturated heterocycles. The van der Waals surface area contributed by atoms with Crippen molar-refractivity contribution in [2.24, 2.45) is 0 Å². The first-order valence-electron chi connectivity index (χ1n) is 4.07. The number of hydrogen-bond acceptors (Lipinski definition) is 2. The number of benzene rings is 1. The van der Waals surface area contributed by atoms with Gasteiger partial charge in [-0.3, -0.25) is 9.89 Å². The molecule has 3 nitrogen and oxygen atoms in total. The monoisotopic (exact) mass is 250 g/mol. The van der Waals surface area contributed by atoms with E-state index in [4.69, 9.17) is 0 Å². The molecule has 14 heavy (non-hydrogen) atoms. The third-order valence-corrected chi connectivity index (χ3v) is 2.38. The first-order valence-corrected chi connectivity index (χ1v) is 4.86. The molecule has 0 aliphatic carbocycles. The standard InChI is InChI=1S/C10H7BrN2O/c11-7-3-4-8-9(2-1-5-14)12-13-10(8)6-7/h1-6H,(H,12,13). The van der Waals surface area contributed by atoms with E-state index >= 15 is 0 Å². The summed E-state index contributed by atoms with van der Waals surface area (Å²) in [6.45, 7) is 0. The lowest BCUT2D eigenvalue weighted by Crippen LogP contribution is -1.72. The fourth-order valence-electron chi connectivity index (χ4n) is 1.27. The number of H-pyrrole nitrogens is 1. The van der Waals surface area contributed by atoms with Crippen molar-refractivity contribution >= 4 is 39.2 Å². The zero-order chi connectivity index (χ0) is 9.97. The molecule has 0 fully saturated rings. The summed E-state index contributed by atoms with van der Waals surface area (Å²) in [5.74, 6) is 0. The second-order valence-electron chi connectivity index (χ2n) is 2.79. The molecule has 1 N–H and O–H groups in total. The Hall–Kier alpha value is -1.42. The molecular weight excluding hydrogens is 244 g/mol. The Morgan fingerprint density at radius 3 is 3.07 bits per heavy atom. The molecule has 70 valence electrons. The van der Waals surface area contributed by atoms with Gasteiger partial charge in [-0.25, -0.2) is 0 Å². The van der Waals surface area contributed by atoms with Gasteiger partial charge in [-0.15, -0.1) is 0 Å². The lowest BCUT2D eigenvalue weighted by Gasteiger charge is -1.90. The Morgan fingerprint density at radius 1 is 1.43 bits per heavy atom. The summed E-state index contributed by atoms with van der Waals surface area (Å²) in [7, 11) is 0. The second kappa shape index (κ2) is 3.75. The summed E-state index contributed by atoms with van der Waals surface area (Å²) in [5, 5.41) is 7.98. The van der Waals surface area contributed by atoms with Crippen LogP contribution in [-0.2, 0) is 4.79 Å². The van der Waals surface area contributed by atoms with E-state index in [0.29, 0.717) is 0 Å². The molecule has 2 aromatic rings. The fourth-order valence-corrected chi connectivity index (χ4v) is 1.63. The van der Waals surface area contributed by atoms with Crippen molar-refractivity contribution in [1.29, 1.82) is 0 Å². The quantitative estimate of drug-likeness (QED) is 0.658. The molecule has 0 aliphatic heterocycles. The maximum Gasteiger partial charge on any atom is 0.142 e. The van der Waals surface area contributed by atoms with Gasteiger partial charge < -0.3 is 0 Å². The van der Waals surface area contributed by atoms with E-state index in [0.717, 1.165) is 27.4 Å². The zero-order valence-electron chi connectivity index (χ0n) is 7.20.